The zero-order valence-electron chi connectivity index (χ0n) is 11.2. The van der Waals surface area contributed by atoms with Gasteiger partial charge in [-0.25, -0.2) is 4.98 Å². The fourth-order valence-electron chi connectivity index (χ4n) is 2.13. The minimum absolute atomic E-state index is 0.0499. The highest BCUT2D eigenvalue weighted by Gasteiger charge is 2.18. The Morgan fingerprint density at radius 3 is 2.95 bits per heavy atom. The summed E-state index contributed by atoms with van der Waals surface area (Å²) in [5.74, 6) is 0. The normalized spacial score (nSPS) is 10.7. The average Bonchev–Trinajstić information content (AvgIpc) is 2.89. The van der Waals surface area contributed by atoms with Crippen molar-refractivity contribution in [3.63, 3.8) is 0 Å². The van der Waals surface area contributed by atoms with Crippen LogP contribution in [-0.2, 0) is 6.54 Å². The van der Waals surface area contributed by atoms with E-state index in [1.807, 2.05) is 12.3 Å². The third kappa shape index (κ3) is 2.68. The lowest BCUT2D eigenvalue weighted by Gasteiger charge is -2.07. The van der Waals surface area contributed by atoms with Crippen LogP contribution in [-0.4, -0.2) is 14.9 Å². The van der Waals surface area contributed by atoms with Gasteiger partial charge in [0.05, 0.1) is 22.4 Å². The van der Waals surface area contributed by atoms with E-state index in [0.717, 1.165) is 10.7 Å². The molecule has 0 spiro atoms. The Morgan fingerprint density at radius 2 is 2.24 bits per heavy atom. The Kier molecular flexibility index (Phi) is 3.49. The molecule has 0 saturated heterocycles. The summed E-state index contributed by atoms with van der Waals surface area (Å²) in [4.78, 5) is 19.5. The number of hydrogen-bond donors (Lipinski definition) is 1. The van der Waals surface area contributed by atoms with Crippen LogP contribution < -0.4 is 5.32 Å². The Morgan fingerprint density at radius 1 is 1.38 bits per heavy atom. The second-order valence-corrected chi connectivity index (χ2v) is 5.47. The summed E-state index contributed by atoms with van der Waals surface area (Å²) in [5.41, 5.74) is 2.09. The number of fused-ring (bicyclic) bond motifs is 1. The molecule has 1 N–H and O–H groups in total. The Balaban J connectivity index is 1.97. The van der Waals surface area contributed by atoms with Crippen LogP contribution >= 0.6 is 11.3 Å². The highest BCUT2D eigenvalue weighted by molar-refractivity contribution is 7.09. The van der Waals surface area contributed by atoms with Crippen LogP contribution in [0.25, 0.3) is 10.9 Å². The molecular weight excluding hydrogens is 288 g/mol. The highest BCUT2D eigenvalue weighted by Crippen LogP contribution is 2.32. The van der Waals surface area contributed by atoms with Crippen molar-refractivity contribution < 1.29 is 4.92 Å². The highest BCUT2D eigenvalue weighted by atomic mass is 32.1. The molecule has 0 atom stereocenters. The van der Waals surface area contributed by atoms with Crippen molar-refractivity contribution in [3.05, 3.63) is 56.7 Å². The second kappa shape index (κ2) is 5.45. The Labute approximate surface area is 124 Å². The van der Waals surface area contributed by atoms with Crippen molar-refractivity contribution >= 4 is 33.6 Å². The maximum Gasteiger partial charge on any atom is 0.301 e. The lowest BCUT2D eigenvalue weighted by atomic mass is 10.1. The standard InChI is InChI=1S/C14H12N4O2S/c1-9-8-21-13(17-9)7-16-12-5-4-11-10(3-2-6-15-11)14(12)18(19)20/h2-6,8,16H,7H2,1H3. The predicted molar refractivity (Wildman–Crippen MR) is 82.6 cm³/mol. The van der Waals surface area contributed by atoms with Crippen LogP contribution in [0, 0.1) is 17.0 Å². The zero-order chi connectivity index (χ0) is 14.8. The number of nitrogens with one attached hydrogen (secondary N) is 1. The number of nitrogens with zero attached hydrogens (tertiary/aromatic N) is 3. The van der Waals surface area contributed by atoms with Gasteiger partial charge in [0.25, 0.3) is 0 Å². The largest absolute Gasteiger partial charge is 0.373 e. The molecule has 0 saturated carbocycles. The van der Waals surface area contributed by atoms with E-state index in [1.54, 1.807) is 30.5 Å². The molecule has 0 unspecified atom stereocenters. The SMILES string of the molecule is Cc1csc(CNc2ccc3ncccc3c2[N+](=O)[O-])n1. The van der Waals surface area contributed by atoms with Crippen LogP contribution in [0.5, 0.6) is 0 Å². The molecule has 0 fully saturated rings. The molecule has 0 amide bonds. The van der Waals surface area contributed by atoms with Crippen LogP contribution in [0.1, 0.15) is 10.7 Å². The van der Waals surface area contributed by atoms with Gasteiger partial charge in [-0.1, -0.05) is 0 Å². The van der Waals surface area contributed by atoms with E-state index in [9.17, 15) is 10.1 Å². The van der Waals surface area contributed by atoms with E-state index in [-0.39, 0.29) is 10.6 Å². The van der Waals surface area contributed by atoms with Gasteiger partial charge in [-0.3, -0.25) is 15.1 Å². The molecule has 0 aliphatic heterocycles. The van der Waals surface area contributed by atoms with Crippen LogP contribution in [0.3, 0.4) is 0 Å². The molecule has 2 aromatic heterocycles. The molecule has 0 bridgehead atoms. The Bertz CT molecular complexity index is 816. The topological polar surface area (TPSA) is 81.0 Å². The summed E-state index contributed by atoms with van der Waals surface area (Å²) < 4.78 is 0. The summed E-state index contributed by atoms with van der Waals surface area (Å²) in [6, 6.07) is 6.87. The summed E-state index contributed by atoms with van der Waals surface area (Å²) in [7, 11) is 0. The van der Waals surface area contributed by atoms with Crippen LogP contribution in [0.15, 0.2) is 35.8 Å². The molecule has 7 heteroatoms. The third-order valence-corrected chi connectivity index (χ3v) is 4.00. The monoisotopic (exact) mass is 300 g/mol. The molecular formula is C14H12N4O2S. The molecule has 1 aromatic carbocycles. The van der Waals surface area contributed by atoms with Crippen molar-refractivity contribution in [2.45, 2.75) is 13.5 Å². The number of aromatic nitrogens is 2. The van der Waals surface area contributed by atoms with Crippen LogP contribution in [0.2, 0.25) is 0 Å². The van der Waals surface area contributed by atoms with Gasteiger partial charge in [0, 0.05) is 17.3 Å². The van der Waals surface area contributed by atoms with E-state index in [4.69, 9.17) is 0 Å². The number of benzene rings is 1. The lowest BCUT2D eigenvalue weighted by molar-refractivity contribution is -0.382. The van der Waals surface area contributed by atoms with Gasteiger partial charge in [0.1, 0.15) is 10.7 Å². The van der Waals surface area contributed by atoms with E-state index in [2.05, 4.69) is 15.3 Å². The fourth-order valence-corrected chi connectivity index (χ4v) is 2.84. The van der Waals surface area contributed by atoms with Gasteiger partial charge < -0.3 is 5.32 Å². The van der Waals surface area contributed by atoms with Crippen molar-refractivity contribution in [1.82, 2.24) is 9.97 Å². The number of nitro benzene ring substituents is 1. The van der Waals surface area contributed by atoms with Crippen molar-refractivity contribution in [2.75, 3.05) is 5.32 Å². The minimum Gasteiger partial charge on any atom is -0.373 e. The number of aryl methyl sites for hydroxylation is 1. The summed E-state index contributed by atoms with van der Waals surface area (Å²) in [5, 5.41) is 17.9. The number of rotatable bonds is 4. The first-order valence-corrected chi connectivity index (χ1v) is 7.20. The lowest BCUT2D eigenvalue weighted by Crippen LogP contribution is -2.03. The quantitative estimate of drug-likeness (QED) is 0.589. The molecule has 0 aliphatic rings. The number of hydrogen-bond acceptors (Lipinski definition) is 6. The molecule has 6 nitrogen and oxygen atoms in total. The number of nitro groups is 1. The van der Waals surface area contributed by atoms with E-state index in [0.29, 0.717) is 23.1 Å². The van der Waals surface area contributed by atoms with Gasteiger partial charge in [0.15, 0.2) is 0 Å². The van der Waals surface area contributed by atoms with Gasteiger partial charge in [-0.2, -0.15) is 0 Å². The van der Waals surface area contributed by atoms with Crippen molar-refractivity contribution in [1.29, 1.82) is 0 Å². The van der Waals surface area contributed by atoms with E-state index in [1.165, 1.54) is 11.3 Å². The molecule has 21 heavy (non-hydrogen) atoms. The summed E-state index contributed by atoms with van der Waals surface area (Å²) >= 11 is 1.53. The fraction of sp³-hybridized carbons (Fsp3) is 0.143. The first kappa shape index (κ1) is 13.4. The minimum atomic E-state index is -0.376. The van der Waals surface area contributed by atoms with Crippen molar-refractivity contribution in [3.8, 4) is 0 Å². The van der Waals surface area contributed by atoms with E-state index >= 15 is 0 Å². The van der Waals surface area contributed by atoms with Gasteiger partial charge >= 0.3 is 5.69 Å². The van der Waals surface area contributed by atoms with Gasteiger partial charge in [0.2, 0.25) is 0 Å². The number of thiazole rings is 1. The second-order valence-electron chi connectivity index (χ2n) is 4.53. The summed E-state index contributed by atoms with van der Waals surface area (Å²) in [6.45, 7) is 2.38. The third-order valence-electron chi connectivity index (χ3n) is 3.04. The molecule has 3 rings (SSSR count). The maximum atomic E-state index is 11.4. The van der Waals surface area contributed by atoms with Gasteiger partial charge in [-0.15, -0.1) is 11.3 Å². The number of anilines is 1. The molecule has 0 aliphatic carbocycles. The smallest absolute Gasteiger partial charge is 0.301 e. The zero-order valence-corrected chi connectivity index (χ0v) is 12.1. The maximum absolute atomic E-state index is 11.4. The first-order chi connectivity index (χ1) is 10.1. The van der Waals surface area contributed by atoms with E-state index < -0.39 is 0 Å². The Hall–Kier alpha value is -2.54. The molecule has 2 heterocycles. The predicted octanol–water partition coefficient (Wildman–Crippen LogP) is 3.52. The molecule has 3 aromatic rings. The van der Waals surface area contributed by atoms with Crippen LogP contribution in [0.4, 0.5) is 11.4 Å². The molecule has 106 valence electrons. The number of pyridine rings is 1. The average molecular weight is 300 g/mol. The van der Waals surface area contributed by atoms with Crippen molar-refractivity contribution in [2.24, 2.45) is 0 Å². The summed E-state index contributed by atoms with van der Waals surface area (Å²) in [6.07, 6.45) is 1.62. The van der Waals surface area contributed by atoms with Gasteiger partial charge in [-0.05, 0) is 31.2 Å². The molecule has 0 radical (unpaired) electrons. The first-order valence-electron chi connectivity index (χ1n) is 6.32.